The fourth-order valence-corrected chi connectivity index (χ4v) is 2.94. The fourth-order valence-electron chi connectivity index (χ4n) is 2.75. The number of benzene rings is 1. The summed E-state index contributed by atoms with van der Waals surface area (Å²) in [4.78, 5) is 11.1. The Morgan fingerprint density at radius 2 is 2.14 bits per heavy atom. The summed E-state index contributed by atoms with van der Waals surface area (Å²) in [6.07, 6.45) is 1.01. The van der Waals surface area contributed by atoms with E-state index in [2.05, 4.69) is 40.0 Å². The normalized spacial score (nSPS) is 17.1. The first-order valence-corrected chi connectivity index (χ1v) is 7.55. The van der Waals surface area contributed by atoms with Gasteiger partial charge in [-0.05, 0) is 31.9 Å². The quantitative estimate of drug-likeness (QED) is 0.806. The molecule has 0 aliphatic carbocycles. The zero-order valence-corrected chi connectivity index (χ0v) is 13.0. The molecule has 1 atom stereocenters. The Morgan fingerprint density at radius 1 is 1.33 bits per heavy atom. The fraction of sp³-hybridized carbons (Fsp3) is 0.375. The van der Waals surface area contributed by atoms with Crippen molar-refractivity contribution in [2.75, 3.05) is 11.5 Å². The Kier molecular flexibility index (Phi) is 4.08. The number of anilines is 2. The summed E-state index contributed by atoms with van der Waals surface area (Å²) in [7, 11) is 0. The van der Waals surface area contributed by atoms with Crippen molar-refractivity contribution in [1.82, 2.24) is 9.97 Å². The molecule has 0 spiro atoms. The lowest BCUT2D eigenvalue weighted by Gasteiger charge is -2.24. The summed E-state index contributed by atoms with van der Waals surface area (Å²) >= 11 is 6.15. The summed E-state index contributed by atoms with van der Waals surface area (Å²) in [5.74, 6) is 1.46. The van der Waals surface area contributed by atoms with Gasteiger partial charge >= 0.3 is 0 Å². The number of fused-ring (bicyclic) bond motifs is 1. The van der Waals surface area contributed by atoms with E-state index in [4.69, 9.17) is 16.3 Å². The van der Waals surface area contributed by atoms with Crippen molar-refractivity contribution in [2.24, 2.45) is 0 Å². The van der Waals surface area contributed by atoms with Crippen LogP contribution in [-0.4, -0.2) is 22.6 Å². The highest BCUT2D eigenvalue weighted by Crippen LogP contribution is 2.37. The van der Waals surface area contributed by atoms with Gasteiger partial charge in [-0.15, -0.1) is 0 Å². The van der Waals surface area contributed by atoms with E-state index >= 15 is 0 Å². The molecule has 21 heavy (non-hydrogen) atoms. The maximum absolute atomic E-state index is 6.15. The molecule has 3 rings (SSSR count). The van der Waals surface area contributed by atoms with Crippen molar-refractivity contribution in [1.29, 1.82) is 0 Å². The van der Waals surface area contributed by atoms with Gasteiger partial charge in [-0.2, -0.15) is 0 Å². The van der Waals surface area contributed by atoms with Gasteiger partial charge in [-0.25, -0.2) is 9.97 Å². The molecule has 1 unspecified atom stereocenters. The molecule has 110 valence electrons. The van der Waals surface area contributed by atoms with Crippen molar-refractivity contribution in [2.45, 2.75) is 32.9 Å². The Hall–Kier alpha value is -1.65. The molecule has 0 amide bonds. The van der Waals surface area contributed by atoms with E-state index in [-0.39, 0.29) is 0 Å². The molecule has 0 bridgehead atoms. The predicted molar refractivity (Wildman–Crippen MR) is 84.1 cm³/mol. The average Bonchev–Trinajstić information content (AvgIpc) is 2.80. The molecule has 0 fully saturated rings. The van der Waals surface area contributed by atoms with Crippen LogP contribution in [0.15, 0.2) is 30.3 Å². The molecule has 1 aliphatic heterocycles. The predicted octanol–water partition coefficient (Wildman–Crippen LogP) is 3.75. The third-order valence-electron chi connectivity index (χ3n) is 3.62. The highest BCUT2D eigenvalue weighted by molar-refractivity contribution is 6.29. The minimum absolute atomic E-state index is 0.355. The second-order valence-corrected chi connectivity index (χ2v) is 5.54. The van der Waals surface area contributed by atoms with Crippen molar-refractivity contribution >= 4 is 23.1 Å². The molecular weight excluding hydrogens is 286 g/mol. The first-order chi connectivity index (χ1) is 10.2. The van der Waals surface area contributed by atoms with Crippen LogP contribution in [0.4, 0.5) is 11.5 Å². The molecule has 1 aromatic heterocycles. The second kappa shape index (κ2) is 6.00. The molecule has 0 radical (unpaired) electrons. The van der Waals surface area contributed by atoms with Crippen LogP contribution in [0.1, 0.15) is 25.2 Å². The van der Waals surface area contributed by atoms with Gasteiger partial charge in [0, 0.05) is 24.4 Å². The summed E-state index contributed by atoms with van der Waals surface area (Å²) in [6.45, 7) is 5.16. The maximum atomic E-state index is 6.15. The average molecular weight is 304 g/mol. The number of halogens is 1. The van der Waals surface area contributed by atoms with Crippen LogP contribution in [-0.2, 0) is 17.8 Å². The number of ether oxygens (including phenoxy) is 1. The number of hydrogen-bond donors (Lipinski definition) is 0. The lowest BCUT2D eigenvalue weighted by atomic mass is 10.1. The van der Waals surface area contributed by atoms with E-state index in [1.165, 1.54) is 11.3 Å². The first-order valence-electron chi connectivity index (χ1n) is 7.17. The van der Waals surface area contributed by atoms with Crippen molar-refractivity contribution in [3.63, 3.8) is 0 Å². The van der Waals surface area contributed by atoms with Crippen LogP contribution in [0.3, 0.4) is 0 Å². The molecule has 2 heterocycles. The van der Waals surface area contributed by atoms with E-state index in [0.29, 0.717) is 30.2 Å². The molecule has 4 nitrogen and oxygen atoms in total. The minimum atomic E-state index is 0.355. The Bertz CT molecular complexity index is 647. The first kappa shape index (κ1) is 14.3. The van der Waals surface area contributed by atoms with Crippen LogP contribution in [0, 0.1) is 0 Å². The minimum Gasteiger partial charge on any atom is -0.374 e. The Balaban J connectivity index is 1.98. The van der Waals surface area contributed by atoms with Crippen LogP contribution in [0.5, 0.6) is 0 Å². The van der Waals surface area contributed by atoms with E-state index in [1.54, 1.807) is 0 Å². The van der Waals surface area contributed by atoms with Gasteiger partial charge < -0.3 is 9.64 Å². The summed E-state index contributed by atoms with van der Waals surface area (Å²) in [5, 5.41) is 0.450. The van der Waals surface area contributed by atoms with E-state index in [9.17, 15) is 0 Å². The summed E-state index contributed by atoms with van der Waals surface area (Å²) in [5.41, 5.74) is 2.54. The van der Waals surface area contributed by atoms with Crippen molar-refractivity contribution in [3.05, 3.63) is 46.9 Å². The van der Waals surface area contributed by atoms with Gasteiger partial charge in [0.1, 0.15) is 17.6 Å². The van der Waals surface area contributed by atoms with E-state index < -0.39 is 0 Å². The van der Waals surface area contributed by atoms with Gasteiger partial charge in [0.25, 0.3) is 0 Å². The number of rotatable bonds is 4. The lowest BCUT2D eigenvalue weighted by molar-refractivity contribution is 0.128. The number of nitrogens with zero attached hydrogens (tertiary/aromatic N) is 3. The van der Waals surface area contributed by atoms with Crippen LogP contribution >= 0.6 is 11.6 Å². The largest absolute Gasteiger partial charge is 0.374 e. The van der Waals surface area contributed by atoms with Crippen molar-refractivity contribution in [3.8, 4) is 0 Å². The standard InChI is InChI=1S/C16H18ClN3O/c1-3-21-10-15-18-14(17)9-16(19-15)20-11(2)8-12-6-4-5-7-13(12)20/h4-7,9,11H,3,8,10H2,1-2H3. The lowest BCUT2D eigenvalue weighted by Crippen LogP contribution is -2.25. The van der Waals surface area contributed by atoms with E-state index in [1.807, 2.05) is 19.1 Å². The molecular formula is C16H18ClN3O. The highest BCUT2D eigenvalue weighted by Gasteiger charge is 2.28. The van der Waals surface area contributed by atoms with Crippen LogP contribution in [0.25, 0.3) is 0 Å². The van der Waals surface area contributed by atoms with Crippen molar-refractivity contribution < 1.29 is 4.74 Å². The molecule has 5 heteroatoms. The number of hydrogen-bond acceptors (Lipinski definition) is 4. The number of aromatic nitrogens is 2. The molecule has 1 aromatic carbocycles. The van der Waals surface area contributed by atoms with E-state index in [0.717, 1.165) is 12.2 Å². The number of para-hydroxylation sites is 1. The van der Waals surface area contributed by atoms with Gasteiger partial charge in [0.2, 0.25) is 0 Å². The Morgan fingerprint density at radius 3 is 2.95 bits per heavy atom. The molecule has 0 saturated carbocycles. The monoisotopic (exact) mass is 303 g/mol. The zero-order valence-electron chi connectivity index (χ0n) is 12.2. The summed E-state index contributed by atoms with van der Waals surface area (Å²) < 4.78 is 5.39. The molecule has 2 aromatic rings. The second-order valence-electron chi connectivity index (χ2n) is 5.15. The third kappa shape index (κ3) is 2.87. The molecule has 0 N–H and O–H groups in total. The Labute approximate surface area is 129 Å². The van der Waals surface area contributed by atoms with Gasteiger partial charge in [-0.1, -0.05) is 29.8 Å². The third-order valence-corrected chi connectivity index (χ3v) is 3.81. The SMILES string of the molecule is CCOCc1nc(Cl)cc(N2c3ccccc3CC2C)n1. The summed E-state index contributed by atoms with van der Waals surface area (Å²) in [6, 6.07) is 10.6. The van der Waals surface area contributed by atoms with Gasteiger partial charge in [0.15, 0.2) is 5.82 Å². The molecule has 0 saturated heterocycles. The molecule has 1 aliphatic rings. The van der Waals surface area contributed by atoms with Crippen LogP contribution in [0.2, 0.25) is 5.15 Å². The zero-order chi connectivity index (χ0) is 14.8. The topological polar surface area (TPSA) is 38.2 Å². The maximum Gasteiger partial charge on any atom is 0.158 e. The smallest absolute Gasteiger partial charge is 0.158 e. The van der Waals surface area contributed by atoms with Gasteiger partial charge in [0.05, 0.1) is 0 Å². The van der Waals surface area contributed by atoms with Crippen LogP contribution < -0.4 is 4.90 Å². The van der Waals surface area contributed by atoms with Gasteiger partial charge in [-0.3, -0.25) is 0 Å². The highest BCUT2D eigenvalue weighted by atomic mass is 35.5.